The van der Waals surface area contributed by atoms with E-state index >= 15 is 0 Å². The number of hydrogen-bond acceptors (Lipinski definition) is 5. The first-order valence-electron chi connectivity index (χ1n) is 5.69. The van der Waals surface area contributed by atoms with Crippen LogP contribution in [0, 0.1) is 13.8 Å². The van der Waals surface area contributed by atoms with Crippen molar-refractivity contribution >= 4 is 32.1 Å². The minimum atomic E-state index is -3.75. The number of fused-ring (bicyclic) bond motifs is 1. The third-order valence-electron chi connectivity index (χ3n) is 3.12. The number of thiophene rings is 1. The van der Waals surface area contributed by atoms with Crippen molar-refractivity contribution < 1.29 is 13.2 Å². The molecule has 0 N–H and O–H groups in total. The molecule has 2 rings (SSSR count). The minimum absolute atomic E-state index is 0.173. The number of carbonyl (C=O) groups excluding carboxylic acids is 1. The third kappa shape index (κ3) is 1.97. The number of hydrogen-bond donors (Lipinski definition) is 0. The zero-order valence-corrected chi connectivity index (χ0v) is 13.1. The zero-order chi connectivity index (χ0) is 14.5. The molecule has 1 aromatic rings. The lowest BCUT2D eigenvalue weighted by Crippen LogP contribution is -2.36. The Morgan fingerprint density at radius 1 is 1.26 bits per heavy atom. The van der Waals surface area contributed by atoms with Gasteiger partial charge in [0.25, 0.3) is 10.0 Å². The number of rotatable bonds is 1. The van der Waals surface area contributed by atoms with Gasteiger partial charge in [0.05, 0.1) is 5.56 Å². The SMILES string of the molecule is Cc1sc2c(c1C)C(=O)/C(=C/N(C)C)S(=O)(=O)N2C. The summed E-state index contributed by atoms with van der Waals surface area (Å²) in [4.78, 5) is 14.8. The van der Waals surface area contributed by atoms with Crippen LogP contribution in [-0.4, -0.2) is 40.2 Å². The van der Waals surface area contributed by atoms with E-state index in [-0.39, 0.29) is 4.91 Å². The van der Waals surface area contributed by atoms with E-state index in [2.05, 4.69) is 0 Å². The molecule has 0 atom stereocenters. The van der Waals surface area contributed by atoms with Crippen LogP contribution in [0.3, 0.4) is 0 Å². The Balaban J connectivity index is 2.79. The maximum absolute atomic E-state index is 12.5. The van der Waals surface area contributed by atoms with E-state index in [0.717, 1.165) is 10.4 Å². The topological polar surface area (TPSA) is 57.7 Å². The number of sulfonamides is 1. The van der Waals surface area contributed by atoms with Gasteiger partial charge in [-0.1, -0.05) is 0 Å². The second-order valence-corrected chi connectivity index (χ2v) is 7.86. The van der Waals surface area contributed by atoms with Gasteiger partial charge in [0.15, 0.2) is 4.91 Å². The van der Waals surface area contributed by atoms with Gasteiger partial charge >= 0.3 is 0 Å². The highest BCUT2D eigenvalue weighted by Gasteiger charge is 2.41. The van der Waals surface area contributed by atoms with E-state index in [9.17, 15) is 13.2 Å². The van der Waals surface area contributed by atoms with Crippen LogP contribution in [0.4, 0.5) is 5.00 Å². The summed E-state index contributed by atoms with van der Waals surface area (Å²) in [7, 11) is 1.12. The lowest BCUT2D eigenvalue weighted by Gasteiger charge is -2.26. The van der Waals surface area contributed by atoms with Crippen molar-refractivity contribution in [1.82, 2.24) is 4.90 Å². The van der Waals surface area contributed by atoms with Crippen LogP contribution < -0.4 is 4.31 Å². The van der Waals surface area contributed by atoms with Crippen molar-refractivity contribution in [2.24, 2.45) is 0 Å². The van der Waals surface area contributed by atoms with Crippen LogP contribution in [0.1, 0.15) is 20.8 Å². The summed E-state index contributed by atoms with van der Waals surface area (Å²) in [5, 5.41) is 0.510. The Morgan fingerprint density at radius 2 is 1.84 bits per heavy atom. The maximum Gasteiger partial charge on any atom is 0.270 e. The molecule has 0 saturated heterocycles. The first kappa shape index (κ1) is 14.1. The summed E-state index contributed by atoms with van der Waals surface area (Å²) < 4.78 is 25.9. The van der Waals surface area contributed by atoms with Gasteiger partial charge in [-0.15, -0.1) is 11.3 Å². The molecule has 0 spiro atoms. The number of nitrogens with zero attached hydrogens (tertiary/aromatic N) is 2. The molecule has 5 nitrogen and oxygen atoms in total. The fourth-order valence-corrected chi connectivity index (χ4v) is 4.67. The lowest BCUT2D eigenvalue weighted by atomic mass is 10.1. The molecule has 2 heterocycles. The molecule has 104 valence electrons. The first-order valence-corrected chi connectivity index (χ1v) is 7.95. The molecule has 0 aliphatic carbocycles. The molecular formula is C12H16N2O3S2. The minimum Gasteiger partial charge on any atom is -0.382 e. The summed E-state index contributed by atoms with van der Waals surface area (Å²) in [6.45, 7) is 3.74. The highest BCUT2D eigenvalue weighted by molar-refractivity contribution is 7.98. The van der Waals surface area contributed by atoms with Crippen molar-refractivity contribution in [3.8, 4) is 0 Å². The maximum atomic E-state index is 12.5. The fraction of sp³-hybridized carbons (Fsp3) is 0.417. The van der Waals surface area contributed by atoms with Crippen molar-refractivity contribution in [2.75, 3.05) is 25.4 Å². The molecule has 1 aromatic heterocycles. The van der Waals surface area contributed by atoms with E-state index in [0.29, 0.717) is 10.6 Å². The molecule has 1 aliphatic heterocycles. The van der Waals surface area contributed by atoms with Gasteiger partial charge in [-0.05, 0) is 19.4 Å². The summed E-state index contributed by atoms with van der Waals surface area (Å²) in [5.41, 5.74) is 1.37. The van der Waals surface area contributed by atoms with E-state index in [1.54, 1.807) is 19.0 Å². The third-order valence-corrected chi connectivity index (χ3v) is 6.27. The van der Waals surface area contributed by atoms with Crippen LogP contribution in [0.15, 0.2) is 11.1 Å². The van der Waals surface area contributed by atoms with Crippen LogP contribution in [0.5, 0.6) is 0 Å². The molecule has 0 amide bonds. The van der Waals surface area contributed by atoms with Gasteiger partial charge in [0.2, 0.25) is 5.78 Å². The average molecular weight is 300 g/mol. The Morgan fingerprint density at radius 3 is 2.37 bits per heavy atom. The van der Waals surface area contributed by atoms with E-state index < -0.39 is 15.8 Å². The van der Waals surface area contributed by atoms with E-state index in [1.807, 2.05) is 13.8 Å². The molecule has 0 saturated carbocycles. The van der Waals surface area contributed by atoms with Crippen molar-refractivity contribution in [3.63, 3.8) is 0 Å². The van der Waals surface area contributed by atoms with Crippen LogP contribution >= 0.6 is 11.3 Å². The predicted molar refractivity (Wildman–Crippen MR) is 77.2 cm³/mol. The molecule has 0 unspecified atom stereocenters. The van der Waals surface area contributed by atoms with Gasteiger partial charge in [0.1, 0.15) is 5.00 Å². The summed E-state index contributed by atoms with van der Waals surface area (Å²) in [6, 6.07) is 0. The Bertz CT molecular complexity index is 684. The summed E-state index contributed by atoms with van der Waals surface area (Å²) in [6.07, 6.45) is 1.36. The number of Topliss-reactive ketones (excluding diaryl/α,β-unsaturated/α-hetero) is 1. The molecule has 19 heavy (non-hydrogen) atoms. The Kier molecular flexibility index (Phi) is 3.22. The number of allylic oxidation sites excluding steroid dienone is 1. The molecule has 0 fully saturated rings. The monoisotopic (exact) mass is 300 g/mol. The lowest BCUT2D eigenvalue weighted by molar-refractivity contribution is 0.104. The quantitative estimate of drug-likeness (QED) is 0.741. The molecule has 1 aliphatic rings. The van der Waals surface area contributed by atoms with Crippen LogP contribution in [0.2, 0.25) is 0 Å². The largest absolute Gasteiger partial charge is 0.382 e. The van der Waals surface area contributed by atoms with E-state index in [4.69, 9.17) is 0 Å². The number of anilines is 1. The molecule has 7 heteroatoms. The normalized spacial score (nSPS) is 19.7. The average Bonchev–Trinajstić information content (AvgIpc) is 2.59. The second kappa shape index (κ2) is 4.35. The van der Waals surface area contributed by atoms with Crippen molar-refractivity contribution in [3.05, 3.63) is 27.1 Å². The number of carbonyl (C=O) groups is 1. The Labute approximate surface area is 117 Å². The van der Waals surface area contributed by atoms with Gasteiger partial charge in [-0.3, -0.25) is 9.10 Å². The fourth-order valence-electron chi connectivity index (χ4n) is 1.95. The van der Waals surface area contributed by atoms with Gasteiger partial charge in [-0.2, -0.15) is 0 Å². The molecular weight excluding hydrogens is 284 g/mol. The highest BCUT2D eigenvalue weighted by Crippen LogP contribution is 2.42. The van der Waals surface area contributed by atoms with Gasteiger partial charge in [-0.25, -0.2) is 8.42 Å². The van der Waals surface area contributed by atoms with Crippen molar-refractivity contribution in [2.45, 2.75) is 13.8 Å². The van der Waals surface area contributed by atoms with E-state index in [1.165, 1.54) is 28.9 Å². The second-order valence-electron chi connectivity index (χ2n) is 4.72. The van der Waals surface area contributed by atoms with Gasteiger partial charge in [0, 0.05) is 32.2 Å². The van der Waals surface area contributed by atoms with Crippen molar-refractivity contribution in [1.29, 1.82) is 0 Å². The summed E-state index contributed by atoms with van der Waals surface area (Å²) >= 11 is 1.34. The highest BCUT2D eigenvalue weighted by atomic mass is 32.2. The standard InChI is InChI=1S/C12H16N2O3S2/c1-7-8(2)18-12-10(7)11(15)9(6-13(3)4)19(16,17)14(12)5/h6H,1-5H3/b9-6-. The zero-order valence-electron chi connectivity index (χ0n) is 11.5. The van der Waals surface area contributed by atoms with Crippen LogP contribution in [-0.2, 0) is 10.0 Å². The first-order chi connectivity index (χ1) is 8.67. The summed E-state index contributed by atoms with van der Waals surface area (Å²) in [5.74, 6) is -0.413. The molecule has 0 aromatic carbocycles. The Hall–Kier alpha value is -1.34. The smallest absolute Gasteiger partial charge is 0.270 e. The molecule has 0 bridgehead atoms. The van der Waals surface area contributed by atoms with Gasteiger partial charge < -0.3 is 4.90 Å². The number of aryl methyl sites for hydroxylation is 1. The number of ketones is 1. The van der Waals surface area contributed by atoms with Crippen LogP contribution in [0.25, 0.3) is 0 Å². The molecule has 0 radical (unpaired) electrons. The predicted octanol–water partition coefficient (Wildman–Crippen LogP) is 1.73.